The Morgan fingerprint density at radius 2 is 2.24 bits per heavy atom. The molecule has 0 heterocycles. The zero-order chi connectivity index (χ0) is 12.5. The van der Waals surface area contributed by atoms with Crippen LogP contribution in [-0.4, -0.2) is 25.4 Å². The molecule has 0 fully saturated rings. The van der Waals surface area contributed by atoms with E-state index in [0.717, 1.165) is 31.7 Å². The lowest BCUT2D eigenvalue weighted by molar-refractivity contribution is 0.196. The molecule has 0 spiro atoms. The van der Waals surface area contributed by atoms with Gasteiger partial charge in [-0.15, -0.1) is 0 Å². The predicted molar refractivity (Wildman–Crippen MR) is 76.5 cm³/mol. The molecular weight excluding hydrogens is 232 g/mol. The zero-order valence-corrected chi connectivity index (χ0v) is 11.3. The molecule has 0 bridgehead atoms. The van der Waals surface area contributed by atoms with Gasteiger partial charge in [-0.1, -0.05) is 19.1 Å². The number of ether oxygens (including phenoxy) is 1. The molecule has 17 heavy (non-hydrogen) atoms. The van der Waals surface area contributed by atoms with Crippen LogP contribution in [0.4, 0.5) is 5.69 Å². The van der Waals surface area contributed by atoms with Crippen LogP contribution in [0.15, 0.2) is 24.3 Å². The largest absolute Gasteiger partial charge is 0.385 e. The molecular formula is C13H20N2OS. The molecule has 3 nitrogen and oxygen atoms in total. The molecule has 4 heteroatoms. The van der Waals surface area contributed by atoms with Gasteiger partial charge in [-0.2, -0.15) is 0 Å². The van der Waals surface area contributed by atoms with Crippen molar-refractivity contribution in [2.45, 2.75) is 19.8 Å². The van der Waals surface area contributed by atoms with Crippen molar-refractivity contribution >= 4 is 23.0 Å². The van der Waals surface area contributed by atoms with E-state index in [1.165, 1.54) is 5.56 Å². The number of hydrogen-bond acceptors (Lipinski definition) is 2. The van der Waals surface area contributed by atoms with Crippen molar-refractivity contribution in [2.75, 3.05) is 25.6 Å². The van der Waals surface area contributed by atoms with Crippen LogP contribution in [-0.2, 0) is 11.2 Å². The van der Waals surface area contributed by atoms with E-state index in [4.69, 9.17) is 17.0 Å². The van der Waals surface area contributed by atoms with E-state index in [0.29, 0.717) is 5.11 Å². The third kappa shape index (κ3) is 5.65. The van der Waals surface area contributed by atoms with Gasteiger partial charge in [0.05, 0.1) is 0 Å². The number of rotatable bonds is 6. The summed E-state index contributed by atoms with van der Waals surface area (Å²) in [7, 11) is 1.70. The van der Waals surface area contributed by atoms with Crippen LogP contribution in [0.2, 0.25) is 0 Å². The smallest absolute Gasteiger partial charge is 0.170 e. The van der Waals surface area contributed by atoms with Crippen molar-refractivity contribution in [2.24, 2.45) is 0 Å². The van der Waals surface area contributed by atoms with Crippen molar-refractivity contribution in [3.05, 3.63) is 29.8 Å². The second-order valence-electron chi connectivity index (χ2n) is 3.78. The van der Waals surface area contributed by atoms with Crippen LogP contribution >= 0.6 is 12.2 Å². The summed E-state index contributed by atoms with van der Waals surface area (Å²) in [6, 6.07) is 8.28. The molecule has 1 aromatic rings. The maximum Gasteiger partial charge on any atom is 0.170 e. The van der Waals surface area contributed by atoms with Crippen molar-refractivity contribution in [3.8, 4) is 0 Å². The first-order valence-corrected chi connectivity index (χ1v) is 6.29. The number of aryl methyl sites for hydroxylation is 1. The number of methoxy groups -OCH3 is 1. The second-order valence-corrected chi connectivity index (χ2v) is 4.19. The molecule has 0 saturated heterocycles. The number of benzene rings is 1. The maximum absolute atomic E-state index is 5.20. The summed E-state index contributed by atoms with van der Waals surface area (Å²) in [5, 5.41) is 6.98. The van der Waals surface area contributed by atoms with Gasteiger partial charge in [-0.3, -0.25) is 0 Å². The third-order valence-electron chi connectivity index (χ3n) is 2.40. The predicted octanol–water partition coefficient (Wildman–Crippen LogP) is 2.57. The Bertz CT molecular complexity index is 355. The van der Waals surface area contributed by atoms with Gasteiger partial charge in [0.15, 0.2) is 5.11 Å². The van der Waals surface area contributed by atoms with Gasteiger partial charge in [-0.05, 0) is 42.8 Å². The topological polar surface area (TPSA) is 33.3 Å². The first-order valence-electron chi connectivity index (χ1n) is 5.89. The molecule has 0 aliphatic carbocycles. The minimum absolute atomic E-state index is 0.661. The van der Waals surface area contributed by atoms with Crippen LogP contribution in [0.25, 0.3) is 0 Å². The van der Waals surface area contributed by atoms with Crippen molar-refractivity contribution in [3.63, 3.8) is 0 Å². The van der Waals surface area contributed by atoms with Crippen LogP contribution in [0.5, 0.6) is 0 Å². The van der Waals surface area contributed by atoms with Gasteiger partial charge in [0.1, 0.15) is 0 Å². The highest BCUT2D eigenvalue weighted by atomic mass is 32.1. The molecule has 94 valence electrons. The average molecular weight is 252 g/mol. The quantitative estimate of drug-likeness (QED) is 0.602. The molecule has 0 saturated carbocycles. The Hall–Kier alpha value is -1.13. The summed E-state index contributed by atoms with van der Waals surface area (Å²) in [6.45, 7) is 3.72. The first-order chi connectivity index (χ1) is 8.26. The van der Waals surface area contributed by atoms with E-state index in [2.05, 4.69) is 29.7 Å². The van der Waals surface area contributed by atoms with Crippen LogP contribution in [0.3, 0.4) is 0 Å². The number of hydrogen-bond donors (Lipinski definition) is 2. The van der Waals surface area contributed by atoms with E-state index in [1.807, 2.05) is 12.1 Å². The summed E-state index contributed by atoms with van der Waals surface area (Å²) in [5.41, 5.74) is 2.34. The Balaban J connectivity index is 2.34. The second kappa shape index (κ2) is 8.03. The first kappa shape index (κ1) is 13.9. The van der Waals surface area contributed by atoms with Crippen molar-refractivity contribution in [1.82, 2.24) is 5.32 Å². The lowest BCUT2D eigenvalue weighted by atomic mass is 10.1. The fourth-order valence-electron chi connectivity index (χ4n) is 1.46. The molecule has 1 aromatic carbocycles. The van der Waals surface area contributed by atoms with Crippen LogP contribution in [0.1, 0.15) is 18.9 Å². The van der Waals surface area contributed by atoms with Crippen molar-refractivity contribution < 1.29 is 4.74 Å². The van der Waals surface area contributed by atoms with E-state index < -0.39 is 0 Å². The fraction of sp³-hybridized carbons (Fsp3) is 0.462. The highest BCUT2D eigenvalue weighted by Crippen LogP contribution is 2.10. The molecule has 0 radical (unpaired) electrons. The van der Waals surface area contributed by atoms with Gasteiger partial charge < -0.3 is 15.4 Å². The van der Waals surface area contributed by atoms with Gasteiger partial charge in [0.2, 0.25) is 0 Å². The van der Waals surface area contributed by atoms with Gasteiger partial charge in [-0.25, -0.2) is 0 Å². The lowest BCUT2D eigenvalue weighted by Crippen LogP contribution is -2.29. The van der Waals surface area contributed by atoms with E-state index in [1.54, 1.807) is 7.11 Å². The minimum atomic E-state index is 0.661. The monoisotopic (exact) mass is 252 g/mol. The van der Waals surface area contributed by atoms with Crippen molar-refractivity contribution in [1.29, 1.82) is 0 Å². The Labute approximate surface area is 109 Å². The number of nitrogens with one attached hydrogen (secondary N) is 2. The maximum atomic E-state index is 5.20. The Morgan fingerprint density at radius 3 is 2.94 bits per heavy atom. The lowest BCUT2D eigenvalue weighted by Gasteiger charge is -2.11. The standard InChI is InChI=1S/C13H20N2OS/c1-3-11-6-4-7-12(10-11)15-13(17)14-8-5-9-16-2/h4,6-7,10H,3,5,8-9H2,1-2H3,(H2,14,15,17). The number of anilines is 1. The average Bonchev–Trinajstić information content (AvgIpc) is 2.35. The normalized spacial score (nSPS) is 10.0. The molecule has 0 aliphatic rings. The molecule has 0 atom stereocenters. The summed E-state index contributed by atoms with van der Waals surface area (Å²) < 4.78 is 4.97. The molecule has 0 amide bonds. The number of thiocarbonyl (C=S) groups is 1. The summed E-state index contributed by atoms with van der Waals surface area (Å²) in [4.78, 5) is 0. The van der Waals surface area contributed by atoms with Gasteiger partial charge >= 0.3 is 0 Å². The molecule has 0 unspecified atom stereocenters. The summed E-state index contributed by atoms with van der Waals surface area (Å²) in [5.74, 6) is 0. The van der Waals surface area contributed by atoms with Crippen LogP contribution < -0.4 is 10.6 Å². The highest BCUT2D eigenvalue weighted by molar-refractivity contribution is 7.80. The Morgan fingerprint density at radius 1 is 1.41 bits per heavy atom. The third-order valence-corrected chi connectivity index (χ3v) is 2.65. The van der Waals surface area contributed by atoms with E-state index in [-0.39, 0.29) is 0 Å². The molecule has 2 N–H and O–H groups in total. The fourth-order valence-corrected chi connectivity index (χ4v) is 1.68. The minimum Gasteiger partial charge on any atom is -0.385 e. The SMILES string of the molecule is CCc1cccc(NC(=S)NCCCOC)c1. The molecule has 0 aromatic heterocycles. The van der Waals surface area contributed by atoms with Gasteiger partial charge in [0, 0.05) is 25.9 Å². The molecule has 0 aliphatic heterocycles. The zero-order valence-electron chi connectivity index (χ0n) is 10.5. The summed E-state index contributed by atoms with van der Waals surface area (Å²) >= 11 is 5.20. The van der Waals surface area contributed by atoms with E-state index in [9.17, 15) is 0 Å². The molecule has 1 rings (SSSR count). The van der Waals surface area contributed by atoms with Gasteiger partial charge in [0.25, 0.3) is 0 Å². The Kier molecular flexibility index (Phi) is 6.58. The van der Waals surface area contributed by atoms with Crippen LogP contribution in [0, 0.1) is 0 Å². The highest BCUT2D eigenvalue weighted by Gasteiger charge is 1.97. The van der Waals surface area contributed by atoms with E-state index >= 15 is 0 Å². The summed E-state index contributed by atoms with van der Waals surface area (Å²) in [6.07, 6.45) is 1.98.